The monoisotopic (exact) mass is 274 g/mol. The van der Waals surface area contributed by atoms with Crippen LogP contribution in [0.3, 0.4) is 0 Å². The molecular weight excluding hydrogens is 260 g/mol. The Bertz CT molecular complexity index is 544. The highest BCUT2D eigenvalue weighted by atomic mass is 32.2. The quantitative estimate of drug-likeness (QED) is 0.591. The molecule has 7 nitrogen and oxygen atoms in total. The molecule has 4 N–H and O–H groups in total. The van der Waals surface area contributed by atoms with Crippen molar-refractivity contribution in [2.45, 2.75) is 23.8 Å². The van der Waals surface area contributed by atoms with E-state index in [4.69, 9.17) is 10.2 Å². The smallest absolute Gasteiger partial charge is 0.352 e. The molecule has 18 heavy (non-hydrogen) atoms. The minimum absolute atomic E-state index is 0.0974. The summed E-state index contributed by atoms with van der Waals surface area (Å²) in [5.74, 6) is -1.06. The van der Waals surface area contributed by atoms with E-state index in [1.807, 2.05) is 0 Å². The summed E-state index contributed by atoms with van der Waals surface area (Å²) >= 11 is 0. The van der Waals surface area contributed by atoms with E-state index in [0.717, 1.165) is 12.3 Å². The van der Waals surface area contributed by atoms with Gasteiger partial charge in [-0.2, -0.15) is 0 Å². The molecule has 1 aromatic heterocycles. The summed E-state index contributed by atoms with van der Waals surface area (Å²) in [5, 5.41) is 17.8. The van der Waals surface area contributed by atoms with Crippen LogP contribution in [0.25, 0.3) is 0 Å². The topological polar surface area (TPSA) is 119 Å². The lowest BCUT2D eigenvalue weighted by molar-refractivity contribution is 0.0453. The normalized spacial score (nSPS) is 23.6. The Balaban J connectivity index is 1.99. The van der Waals surface area contributed by atoms with Gasteiger partial charge in [-0.05, 0) is 24.8 Å². The van der Waals surface area contributed by atoms with E-state index >= 15 is 0 Å². The standard InChI is InChI=1S/C10H14N2O5S/c13-7-1-6(2-7)4-12-18(16,17)8-3-9(10(14)15)11-5-8/h3,5-7,11-13H,1-2,4H2,(H,14,15). The van der Waals surface area contributed by atoms with Gasteiger partial charge >= 0.3 is 5.97 Å². The highest BCUT2D eigenvalue weighted by molar-refractivity contribution is 7.89. The predicted molar refractivity (Wildman–Crippen MR) is 61.7 cm³/mol. The molecule has 0 aliphatic heterocycles. The lowest BCUT2D eigenvalue weighted by Gasteiger charge is -2.31. The van der Waals surface area contributed by atoms with Crippen LogP contribution >= 0.6 is 0 Å². The average Bonchev–Trinajstić information content (AvgIpc) is 2.72. The highest BCUT2D eigenvalue weighted by Gasteiger charge is 2.28. The van der Waals surface area contributed by atoms with Crippen molar-refractivity contribution in [2.24, 2.45) is 5.92 Å². The summed E-state index contributed by atoms with van der Waals surface area (Å²) in [7, 11) is -3.69. The first-order valence-electron chi connectivity index (χ1n) is 5.48. The molecule has 0 atom stereocenters. The number of nitrogens with one attached hydrogen (secondary N) is 2. The van der Waals surface area contributed by atoms with Crippen molar-refractivity contribution in [1.82, 2.24) is 9.71 Å². The largest absolute Gasteiger partial charge is 0.477 e. The van der Waals surface area contributed by atoms with Crippen LogP contribution in [-0.4, -0.2) is 42.2 Å². The Labute approximate surface area is 104 Å². The first kappa shape index (κ1) is 13.1. The molecule has 100 valence electrons. The fourth-order valence-electron chi connectivity index (χ4n) is 1.83. The number of sulfonamides is 1. The number of H-pyrrole nitrogens is 1. The lowest BCUT2D eigenvalue weighted by Crippen LogP contribution is -2.38. The number of aliphatic hydroxyl groups excluding tert-OH is 1. The van der Waals surface area contributed by atoms with Gasteiger partial charge < -0.3 is 15.2 Å². The molecule has 0 aromatic carbocycles. The van der Waals surface area contributed by atoms with Crippen LogP contribution in [0.2, 0.25) is 0 Å². The van der Waals surface area contributed by atoms with Gasteiger partial charge in [0.05, 0.1) is 6.10 Å². The second-order valence-corrected chi connectivity index (χ2v) is 6.16. The van der Waals surface area contributed by atoms with Gasteiger partial charge in [-0.15, -0.1) is 0 Å². The maximum absolute atomic E-state index is 11.8. The van der Waals surface area contributed by atoms with Crippen LogP contribution in [0, 0.1) is 5.92 Å². The summed E-state index contributed by atoms with van der Waals surface area (Å²) in [5.41, 5.74) is -0.172. The van der Waals surface area contributed by atoms with Crippen LogP contribution in [0.15, 0.2) is 17.2 Å². The minimum Gasteiger partial charge on any atom is -0.477 e. The SMILES string of the molecule is O=C(O)c1cc(S(=O)(=O)NCC2CC(O)C2)c[nH]1. The average molecular weight is 274 g/mol. The van der Waals surface area contributed by atoms with Crippen LogP contribution < -0.4 is 4.72 Å². The first-order chi connectivity index (χ1) is 8.38. The fraction of sp³-hybridized carbons (Fsp3) is 0.500. The Morgan fingerprint density at radius 2 is 2.17 bits per heavy atom. The van der Waals surface area contributed by atoms with Crippen LogP contribution in [0.5, 0.6) is 0 Å². The molecule has 0 bridgehead atoms. The molecule has 1 aromatic rings. The van der Waals surface area contributed by atoms with Gasteiger partial charge in [-0.1, -0.05) is 0 Å². The second kappa shape index (κ2) is 4.71. The van der Waals surface area contributed by atoms with Gasteiger partial charge in [0.15, 0.2) is 0 Å². The summed E-state index contributed by atoms with van der Waals surface area (Å²) < 4.78 is 26.0. The van der Waals surface area contributed by atoms with Gasteiger partial charge in [-0.3, -0.25) is 0 Å². The van der Waals surface area contributed by atoms with E-state index in [1.54, 1.807) is 0 Å². The number of hydrogen-bond donors (Lipinski definition) is 4. The fourth-order valence-corrected chi connectivity index (χ4v) is 2.94. The molecule has 1 saturated carbocycles. The number of aromatic amines is 1. The number of aromatic nitrogens is 1. The summed E-state index contributed by atoms with van der Waals surface area (Å²) in [4.78, 5) is 12.9. The molecular formula is C10H14N2O5S. The number of hydrogen-bond acceptors (Lipinski definition) is 4. The van der Waals surface area contributed by atoms with E-state index in [-0.39, 0.29) is 29.2 Å². The van der Waals surface area contributed by atoms with Crippen molar-refractivity contribution in [3.05, 3.63) is 18.0 Å². The Hall–Kier alpha value is -1.38. The van der Waals surface area contributed by atoms with Crippen molar-refractivity contribution in [3.63, 3.8) is 0 Å². The molecule has 0 unspecified atom stereocenters. The Morgan fingerprint density at radius 3 is 2.67 bits per heavy atom. The zero-order valence-electron chi connectivity index (χ0n) is 9.46. The molecule has 0 radical (unpaired) electrons. The van der Waals surface area contributed by atoms with Gasteiger partial charge in [-0.25, -0.2) is 17.9 Å². The molecule has 1 aliphatic carbocycles. The van der Waals surface area contributed by atoms with E-state index in [2.05, 4.69) is 9.71 Å². The second-order valence-electron chi connectivity index (χ2n) is 4.40. The molecule has 0 amide bonds. The maximum atomic E-state index is 11.8. The molecule has 0 saturated heterocycles. The van der Waals surface area contributed by atoms with Crippen molar-refractivity contribution in [1.29, 1.82) is 0 Å². The van der Waals surface area contributed by atoms with Gasteiger partial charge in [0.25, 0.3) is 0 Å². The molecule has 0 spiro atoms. The maximum Gasteiger partial charge on any atom is 0.352 e. The van der Waals surface area contributed by atoms with Gasteiger partial charge in [0, 0.05) is 12.7 Å². The zero-order valence-corrected chi connectivity index (χ0v) is 10.3. The van der Waals surface area contributed by atoms with Gasteiger partial charge in [0.1, 0.15) is 10.6 Å². The highest BCUT2D eigenvalue weighted by Crippen LogP contribution is 2.26. The number of aliphatic hydroxyl groups is 1. The number of rotatable bonds is 5. The predicted octanol–water partition coefficient (Wildman–Crippen LogP) is -0.238. The molecule has 1 heterocycles. The summed E-state index contributed by atoms with van der Waals surface area (Å²) in [6.45, 7) is 0.257. The lowest BCUT2D eigenvalue weighted by atomic mass is 9.83. The number of carboxylic acids is 1. The van der Waals surface area contributed by atoms with E-state index < -0.39 is 16.0 Å². The van der Waals surface area contributed by atoms with E-state index in [1.165, 1.54) is 0 Å². The molecule has 8 heteroatoms. The third kappa shape index (κ3) is 2.71. The van der Waals surface area contributed by atoms with Crippen LogP contribution in [0.1, 0.15) is 23.3 Å². The van der Waals surface area contributed by atoms with Crippen molar-refractivity contribution >= 4 is 16.0 Å². The summed E-state index contributed by atoms with van der Waals surface area (Å²) in [6, 6.07) is 1.07. The van der Waals surface area contributed by atoms with Crippen LogP contribution in [-0.2, 0) is 10.0 Å². The van der Waals surface area contributed by atoms with Gasteiger partial charge in [0.2, 0.25) is 10.0 Å². The zero-order chi connectivity index (χ0) is 13.3. The van der Waals surface area contributed by atoms with E-state index in [0.29, 0.717) is 12.8 Å². The number of carboxylic acid groups (broad SMARTS) is 1. The van der Waals surface area contributed by atoms with E-state index in [9.17, 15) is 13.2 Å². The third-order valence-corrected chi connectivity index (χ3v) is 4.37. The first-order valence-corrected chi connectivity index (χ1v) is 6.96. The molecule has 1 aliphatic rings. The number of carbonyl (C=O) groups is 1. The Morgan fingerprint density at radius 1 is 1.50 bits per heavy atom. The van der Waals surface area contributed by atoms with Crippen molar-refractivity contribution in [2.75, 3.05) is 6.54 Å². The Kier molecular flexibility index (Phi) is 3.42. The number of aromatic carboxylic acids is 1. The van der Waals surface area contributed by atoms with Crippen molar-refractivity contribution < 1.29 is 23.4 Å². The van der Waals surface area contributed by atoms with Crippen molar-refractivity contribution in [3.8, 4) is 0 Å². The minimum atomic E-state index is -3.69. The third-order valence-electron chi connectivity index (χ3n) is 2.97. The summed E-state index contributed by atoms with van der Waals surface area (Å²) in [6.07, 6.45) is 2.00. The molecule has 2 rings (SSSR count). The molecule has 1 fully saturated rings. The van der Waals surface area contributed by atoms with Crippen LogP contribution in [0.4, 0.5) is 0 Å².